The Morgan fingerprint density at radius 1 is 0.922 bits per heavy atom. The zero-order valence-corrected chi connectivity index (χ0v) is 30.2. The summed E-state index contributed by atoms with van der Waals surface area (Å²) in [5, 5.41) is 12.7. The molecule has 3 N–H and O–H groups in total. The van der Waals surface area contributed by atoms with Gasteiger partial charge in [0.1, 0.15) is 23.6 Å². The van der Waals surface area contributed by atoms with Crippen LogP contribution < -0.4 is 16.0 Å². The zero-order valence-electron chi connectivity index (χ0n) is 30.2. The van der Waals surface area contributed by atoms with Gasteiger partial charge in [-0.25, -0.2) is 4.39 Å². The number of amides is 4. The summed E-state index contributed by atoms with van der Waals surface area (Å²) in [6, 6.07) is 14.5. The van der Waals surface area contributed by atoms with E-state index < -0.39 is 35.6 Å². The summed E-state index contributed by atoms with van der Waals surface area (Å²) >= 11 is 0. The Morgan fingerprint density at radius 3 is 2.27 bits per heavy atom. The first-order valence-corrected chi connectivity index (χ1v) is 18.3. The van der Waals surface area contributed by atoms with Gasteiger partial charge in [-0.1, -0.05) is 70.0 Å². The van der Waals surface area contributed by atoms with Crippen molar-refractivity contribution in [2.24, 2.45) is 11.8 Å². The van der Waals surface area contributed by atoms with Crippen LogP contribution in [0.15, 0.2) is 60.8 Å². The fraction of sp³-hybridized carbons (Fsp3) is 0.513. The van der Waals surface area contributed by atoms with Crippen LogP contribution in [-0.4, -0.2) is 81.5 Å². The number of halogens is 1. The van der Waals surface area contributed by atoms with Gasteiger partial charge < -0.3 is 20.9 Å². The molecule has 1 saturated carbocycles. The van der Waals surface area contributed by atoms with E-state index in [4.69, 9.17) is 0 Å². The smallest absolute Gasteiger partial charge is 0.270 e. The lowest BCUT2D eigenvalue weighted by atomic mass is 9.79. The number of rotatable bonds is 13. The molecule has 0 spiro atoms. The molecule has 0 radical (unpaired) electrons. The third kappa shape index (κ3) is 9.61. The molecule has 3 atom stereocenters. The van der Waals surface area contributed by atoms with Crippen molar-refractivity contribution < 1.29 is 23.6 Å². The summed E-state index contributed by atoms with van der Waals surface area (Å²) in [4.78, 5) is 57.6. The normalized spacial score (nSPS) is 19.8. The van der Waals surface area contributed by atoms with Crippen molar-refractivity contribution in [1.29, 1.82) is 0 Å². The van der Waals surface area contributed by atoms with Gasteiger partial charge in [0.25, 0.3) is 5.91 Å². The molecule has 5 rings (SSSR count). The average molecular weight is 702 g/mol. The Labute approximate surface area is 300 Å². The number of hydrogen-bond donors (Lipinski definition) is 3. The van der Waals surface area contributed by atoms with Crippen LogP contribution in [-0.2, 0) is 27.5 Å². The van der Waals surface area contributed by atoms with Crippen LogP contribution >= 0.6 is 0 Å². The summed E-state index contributed by atoms with van der Waals surface area (Å²) < 4.78 is 17.3. The number of nitrogens with one attached hydrogen (secondary N) is 3. The molecular weight excluding hydrogens is 649 g/mol. The molecule has 1 saturated heterocycles. The zero-order chi connectivity index (χ0) is 36.5. The summed E-state index contributed by atoms with van der Waals surface area (Å²) in [6.45, 7) is 11.3. The Bertz CT molecular complexity index is 1650. The van der Waals surface area contributed by atoms with Gasteiger partial charge >= 0.3 is 0 Å². The van der Waals surface area contributed by atoms with Crippen molar-refractivity contribution in [1.82, 2.24) is 30.2 Å². The summed E-state index contributed by atoms with van der Waals surface area (Å²) in [7, 11) is 0. The topological polar surface area (TPSA) is 129 Å². The van der Waals surface area contributed by atoms with E-state index >= 15 is 4.39 Å². The third-order valence-electron chi connectivity index (χ3n) is 10.5. The van der Waals surface area contributed by atoms with E-state index in [0.717, 1.165) is 32.2 Å². The summed E-state index contributed by atoms with van der Waals surface area (Å²) in [5.74, 6) is -2.13. The highest BCUT2D eigenvalue weighted by Crippen LogP contribution is 2.32. The van der Waals surface area contributed by atoms with Crippen LogP contribution in [0.5, 0.6) is 0 Å². The number of benzene rings is 2. The van der Waals surface area contributed by atoms with E-state index in [-0.39, 0.29) is 29.8 Å². The van der Waals surface area contributed by atoms with Gasteiger partial charge in [-0.15, -0.1) is 0 Å². The van der Waals surface area contributed by atoms with Gasteiger partial charge in [0, 0.05) is 57.8 Å². The van der Waals surface area contributed by atoms with Crippen LogP contribution in [0.3, 0.4) is 0 Å². The Hall–Kier alpha value is -4.58. The first-order valence-electron chi connectivity index (χ1n) is 18.3. The van der Waals surface area contributed by atoms with Crippen molar-refractivity contribution in [3.63, 3.8) is 0 Å². The second-order valence-electron chi connectivity index (χ2n) is 14.0. The number of aryl methyl sites for hydroxylation is 1. The van der Waals surface area contributed by atoms with E-state index in [9.17, 15) is 19.2 Å². The minimum absolute atomic E-state index is 0.0204. The minimum atomic E-state index is -0.886. The number of anilines is 1. The largest absolute Gasteiger partial charge is 0.344 e. The van der Waals surface area contributed by atoms with Crippen molar-refractivity contribution in [2.75, 3.05) is 31.5 Å². The highest BCUT2D eigenvalue weighted by molar-refractivity contribution is 6.00. The molecular formula is C39H52FN7O4. The SMILES string of the molecule is CCC(=O)NC(C(=O)N1CCN(Cc2ccccc2)CC1)[C@@H](C)c1ccc(NC(=O)[C@@H](NC(=O)c2ccnn2CC)C2CCC(C)CC2)c(F)c1. The van der Waals surface area contributed by atoms with Crippen molar-refractivity contribution in [3.05, 3.63) is 83.4 Å². The first-order chi connectivity index (χ1) is 24.6. The Morgan fingerprint density at radius 2 is 1.63 bits per heavy atom. The Kier molecular flexibility index (Phi) is 13.0. The number of piperazine rings is 1. The molecule has 1 aromatic heterocycles. The van der Waals surface area contributed by atoms with E-state index in [1.807, 2.05) is 25.1 Å². The number of hydrogen-bond acceptors (Lipinski definition) is 6. The van der Waals surface area contributed by atoms with Gasteiger partial charge in [0.15, 0.2) is 0 Å². The van der Waals surface area contributed by atoms with E-state index in [2.05, 4.69) is 45.0 Å². The molecule has 2 aliphatic rings. The molecule has 2 aromatic carbocycles. The molecule has 2 fully saturated rings. The lowest BCUT2D eigenvalue weighted by molar-refractivity contribution is -0.138. The lowest BCUT2D eigenvalue weighted by Crippen LogP contribution is -2.56. The van der Waals surface area contributed by atoms with Crippen molar-refractivity contribution >= 4 is 29.3 Å². The molecule has 4 amide bonds. The van der Waals surface area contributed by atoms with E-state index in [0.29, 0.717) is 49.9 Å². The van der Waals surface area contributed by atoms with E-state index in [1.165, 1.54) is 17.7 Å². The maximum absolute atomic E-state index is 15.8. The third-order valence-corrected chi connectivity index (χ3v) is 10.5. The predicted molar refractivity (Wildman–Crippen MR) is 194 cm³/mol. The fourth-order valence-electron chi connectivity index (χ4n) is 7.17. The number of aromatic nitrogens is 2. The molecule has 274 valence electrons. The highest BCUT2D eigenvalue weighted by Gasteiger charge is 2.35. The van der Waals surface area contributed by atoms with E-state index in [1.54, 1.807) is 41.8 Å². The van der Waals surface area contributed by atoms with Crippen LogP contribution in [0, 0.1) is 17.7 Å². The number of nitrogens with zero attached hydrogens (tertiary/aromatic N) is 4. The fourth-order valence-corrected chi connectivity index (χ4v) is 7.17. The number of carbonyl (C=O) groups excluding carboxylic acids is 4. The average Bonchev–Trinajstić information content (AvgIpc) is 3.63. The van der Waals surface area contributed by atoms with Gasteiger partial charge in [0.2, 0.25) is 17.7 Å². The van der Waals surface area contributed by atoms with Gasteiger partial charge in [-0.05, 0) is 60.9 Å². The van der Waals surface area contributed by atoms with Gasteiger partial charge in [0.05, 0.1) is 5.69 Å². The minimum Gasteiger partial charge on any atom is -0.344 e. The van der Waals surface area contributed by atoms with Crippen LogP contribution in [0.4, 0.5) is 10.1 Å². The maximum Gasteiger partial charge on any atom is 0.270 e. The molecule has 1 aliphatic heterocycles. The molecule has 0 bridgehead atoms. The van der Waals surface area contributed by atoms with Crippen LogP contribution in [0.2, 0.25) is 0 Å². The highest BCUT2D eigenvalue weighted by atomic mass is 19.1. The monoisotopic (exact) mass is 701 g/mol. The standard InChI is InChI=1S/C39H52FN7O4/c1-5-34(48)43-35(39(51)46-22-20-45(21-23-46)25-28-10-8-7-9-11-28)27(4)30-16-17-32(31(40)24-30)42-38(50)36(29-14-12-26(3)13-15-29)44-37(49)33-18-19-41-47(33)6-2/h7-11,16-19,24,26-27,29,35-36H,5-6,12-15,20-23,25H2,1-4H3,(H,42,50)(H,43,48)(H,44,49)/t26?,27-,29?,35?,36-/m0/s1. The lowest BCUT2D eigenvalue weighted by Gasteiger charge is -2.37. The summed E-state index contributed by atoms with van der Waals surface area (Å²) in [5.41, 5.74) is 2.07. The molecule has 1 aliphatic carbocycles. The Balaban J connectivity index is 1.27. The van der Waals surface area contributed by atoms with Crippen LogP contribution in [0.1, 0.15) is 87.3 Å². The van der Waals surface area contributed by atoms with Crippen LogP contribution in [0.25, 0.3) is 0 Å². The number of carbonyl (C=O) groups is 4. The second-order valence-corrected chi connectivity index (χ2v) is 14.0. The maximum atomic E-state index is 15.8. The molecule has 51 heavy (non-hydrogen) atoms. The van der Waals surface area contributed by atoms with Gasteiger partial charge in [-0.2, -0.15) is 5.10 Å². The van der Waals surface area contributed by atoms with Gasteiger partial charge in [-0.3, -0.25) is 28.8 Å². The molecule has 11 nitrogen and oxygen atoms in total. The second kappa shape index (κ2) is 17.6. The summed E-state index contributed by atoms with van der Waals surface area (Å²) in [6.07, 6.45) is 5.18. The molecule has 2 heterocycles. The molecule has 1 unspecified atom stereocenters. The first kappa shape index (κ1) is 37.7. The quantitative estimate of drug-likeness (QED) is 0.232. The molecule has 12 heteroatoms. The molecule has 3 aromatic rings. The predicted octanol–water partition coefficient (Wildman–Crippen LogP) is 4.95. The van der Waals surface area contributed by atoms with Crippen molar-refractivity contribution in [3.8, 4) is 0 Å². The van der Waals surface area contributed by atoms with Crippen molar-refractivity contribution in [2.45, 2.75) is 90.9 Å².